The quantitative estimate of drug-likeness (QED) is 0.651. The Bertz CT molecular complexity index is 314. The number of nitrogens with one attached hydrogen (secondary N) is 1. The maximum atomic E-state index is 10.2. The van der Waals surface area contributed by atoms with Gasteiger partial charge in [-0.15, -0.1) is 0 Å². The fraction of sp³-hybridized carbons (Fsp3) is 0.125. The average Bonchev–Trinajstić information content (AvgIpc) is 2.07. The Kier molecular flexibility index (Phi) is 3.52. The molecule has 0 aliphatic heterocycles. The van der Waals surface area contributed by atoms with E-state index in [9.17, 15) is 4.79 Å². The number of halogens is 2. The predicted octanol–water partition coefficient (Wildman–Crippen LogP) is 2.93. The first-order valence-corrected chi connectivity index (χ1v) is 5.18. The molecular formula is C8H7BrINO. The Morgan fingerprint density at radius 2 is 2.25 bits per heavy atom. The Labute approximate surface area is 93.0 Å². The molecule has 0 radical (unpaired) electrons. The minimum Gasteiger partial charge on any atom is -0.328 e. The fourth-order valence-electron chi connectivity index (χ4n) is 0.836. The van der Waals surface area contributed by atoms with E-state index in [0.29, 0.717) is 6.41 Å². The van der Waals surface area contributed by atoms with E-state index < -0.39 is 0 Å². The summed E-state index contributed by atoms with van der Waals surface area (Å²) in [4.78, 5) is 10.2. The second-order valence-corrected chi connectivity index (χ2v) is 4.23. The van der Waals surface area contributed by atoms with E-state index >= 15 is 0 Å². The van der Waals surface area contributed by atoms with Crippen molar-refractivity contribution in [3.8, 4) is 0 Å². The van der Waals surface area contributed by atoms with Gasteiger partial charge in [0.25, 0.3) is 0 Å². The molecule has 0 atom stereocenters. The van der Waals surface area contributed by atoms with Crippen LogP contribution in [-0.4, -0.2) is 6.41 Å². The van der Waals surface area contributed by atoms with Crippen LogP contribution < -0.4 is 5.32 Å². The van der Waals surface area contributed by atoms with Crippen LogP contribution in [0.4, 0.5) is 5.69 Å². The molecule has 4 heteroatoms. The van der Waals surface area contributed by atoms with Crippen LogP contribution >= 0.6 is 38.5 Å². The van der Waals surface area contributed by atoms with E-state index in [0.717, 1.165) is 19.3 Å². The third kappa shape index (κ3) is 1.98. The summed E-state index contributed by atoms with van der Waals surface area (Å²) in [6.45, 7) is 2.00. The van der Waals surface area contributed by atoms with Crippen LogP contribution in [-0.2, 0) is 4.79 Å². The molecule has 12 heavy (non-hydrogen) atoms. The van der Waals surface area contributed by atoms with Gasteiger partial charge >= 0.3 is 0 Å². The largest absolute Gasteiger partial charge is 0.328 e. The van der Waals surface area contributed by atoms with E-state index in [-0.39, 0.29) is 0 Å². The highest BCUT2D eigenvalue weighted by atomic mass is 127. The lowest BCUT2D eigenvalue weighted by atomic mass is 10.2. The molecule has 0 heterocycles. The average molecular weight is 340 g/mol. The molecule has 1 amide bonds. The lowest BCUT2D eigenvalue weighted by Crippen LogP contribution is -1.97. The van der Waals surface area contributed by atoms with Gasteiger partial charge in [-0.2, -0.15) is 0 Å². The molecule has 0 aromatic heterocycles. The first-order valence-electron chi connectivity index (χ1n) is 3.31. The standard InChI is InChI=1S/C8H7BrINO/c1-5-6(9)2-3-7(8(5)10)11-4-12/h2-4H,1H3,(H,11,12). The van der Waals surface area contributed by atoms with Gasteiger partial charge in [0.05, 0.1) is 5.69 Å². The van der Waals surface area contributed by atoms with Gasteiger partial charge in [0.2, 0.25) is 6.41 Å². The molecule has 2 nitrogen and oxygen atoms in total. The normalized spacial score (nSPS) is 9.58. The van der Waals surface area contributed by atoms with Gasteiger partial charge in [0.15, 0.2) is 0 Å². The van der Waals surface area contributed by atoms with E-state index in [4.69, 9.17) is 0 Å². The SMILES string of the molecule is Cc1c(Br)ccc(NC=O)c1I. The summed E-state index contributed by atoms with van der Waals surface area (Å²) >= 11 is 5.61. The van der Waals surface area contributed by atoms with Crippen molar-refractivity contribution in [2.45, 2.75) is 6.92 Å². The minimum absolute atomic E-state index is 0.685. The highest BCUT2D eigenvalue weighted by molar-refractivity contribution is 14.1. The van der Waals surface area contributed by atoms with Gasteiger partial charge in [0, 0.05) is 8.04 Å². The van der Waals surface area contributed by atoms with Gasteiger partial charge in [-0.3, -0.25) is 4.79 Å². The number of amides is 1. The maximum absolute atomic E-state index is 10.2. The second kappa shape index (κ2) is 4.23. The molecule has 0 saturated heterocycles. The number of hydrogen-bond donors (Lipinski definition) is 1. The van der Waals surface area contributed by atoms with Crippen LogP contribution in [0.5, 0.6) is 0 Å². The summed E-state index contributed by atoms with van der Waals surface area (Å²) in [6.07, 6.45) is 0.685. The van der Waals surface area contributed by atoms with Gasteiger partial charge < -0.3 is 5.32 Å². The third-order valence-electron chi connectivity index (χ3n) is 1.53. The van der Waals surface area contributed by atoms with Crippen LogP contribution in [0, 0.1) is 10.5 Å². The van der Waals surface area contributed by atoms with Crippen molar-refractivity contribution >= 4 is 50.6 Å². The van der Waals surface area contributed by atoms with Crippen molar-refractivity contribution in [1.29, 1.82) is 0 Å². The molecular weight excluding hydrogens is 333 g/mol. The van der Waals surface area contributed by atoms with Crippen molar-refractivity contribution in [1.82, 2.24) is 0 Å². The summed E-state index contributed by atoms with van der Waals surface area (Å²) in [5, 5.41) is 2.63. The Morgan fingerprint density at radius 1 is 1.58 bits per heavy atom. The summed E-state index contributed by atoms with van der Waals surface area (Å²) in [5.41, 5.74) is 1.99. The highest BCUT2D eigenvalue weighted by Gasteiger charge is 2.04. The number of carbonyl (C=O) groups excluding carboxylic acids is 1. The van der Waals surface area contributed by atoms with E-state index in [1.165, 1.54) is 0 Å². The smallest absolute Gasteiger partial charge is 0.211 e. The van der Waals surface area contributed by atoms with E-state index in [1.807, 2.05) is 19.1 Å². The number of benzene rings is 1. The first-order chi connectivity index (χ1) is 5.66. The molecule has 0 saturated carbocycles. The summed E-state index contributed by atoms with van der Waals surface area (Å²) in [5.74, 6) is 0. The molecule has 1 aromatic carbocycles. The topological polar surface area (TPSA) is 29.1 Å². The zero-order chi connectivity index (χ0) is 9.14. The van der Waals surface area contributed by atoms with Crippen LogP contribution in [0.3, 0.4) is 0 Å². The van der Waals surface area contributed by atoms with Crippen LogP contribution in [0.1, 0.15) is 5.56 Å². The zero-order valence-corrected chi connectivity index (χ0v) is 10.1. The van der Waals surface area contributed by atoms with Gasteiger partial charge in [-0.05, 0) is 47.2 Å². The van der Waals surface area contributed by atoms with Crippen molar-refractivity contribution in [2.24, 2.45) is 0 Å². The molecule has 0 fully saturated rings. The number of hydrogen-bond acceptors (Lipinski definition) is 1. The molecule has 0 aliphatic carbocycles. The van der Waals surface area contributed by atoms with E-state index in [1.54, 1.807) is 0 Å². The molecule has 64 valence electrons. The van der Waals surface area contributed by atoms with E-state index in [2.05, 4.69) is 43.8 Å². The molecule has 1 N–H and O–H groups in total. The van der Waals surface area contributed by atoms with Gasteiger partial charge in [-0.1, -0.05) is 15.9 Å². The molecule has 0 bridgehead atoms. The van der Waals surface area contributed by atoms with Crippen molar-refractivity contribution in [3.05, 3.63) is 25.7 Å². The maximum Gasteiger partial charge on any atom is 0.211 e. The van der Waals surface area contributed by atoms with Crippen LogP contribution in [0.25, 0.3) is 0 Å². The number of rotatable bonds is 2. The predicted molar refractivity (Wildman–Crippen MR) is 61.3 cm³/mol. The van der Waals surface area contributed by atoms with Gasteiger partial charge in [-0.25, -0.2) is 0 Å². The Morgan fingerprint density at radius 3 is 2.83 bits per heavy atom. The molecule has 1 aromatic rings. The fourth-order valence-corrected chi connectivity index (χ4v) is 2.16. The third-order valence-corrected chi connectivity index (χ3v) is 3.78. The molecule has 0 aliphatic rings. The van der Waals surface area contributed by atoms with Gasteiger partial charge in [0.1, 0.15) is 0 Å². The van der Waals surface area contributed by atoms with Crippen molar-refractivity contribution < 1.29 is 4.79 Å². The number of anilines is 1. The summed E-state index contributed by atoms with van der Waals surface area (Å²) in [7, 11) is 0. The summed E-state index contributed by atoms with van der Waals surface area (Å²) in [6, 6.07) is 3.79. The van der Waals surface area contributed by atoms with Crippen LogP contribution in [0.15, 0.2) is 16.6 Å². The monoisotopic (exact) mass is 339 g/mol. The lowest BCUT2D eigenvalue weighted by Gasteiger charge is -2.06. The first kappa shape index (κ1) is 9.98. The van der Waals surface area contributed by atoms with Crippen molar-refractivity contribution in [2.75, 3.05) is 5.32 Å². The molecule has 0 unspecified atom stereocenters. The van der Waals surface area contributed by atoms with Crippen molar-refractivity contribution in [3.63, 3.8) is 0 Å². The zero-order valence-electron chi connectivity index (χ0n) is 6.40. The van der Waals surface area contributed by atoms with Crippen LogP contribution in [0.2, 0.25) is 0 Å². The molecule has 0 spiro atoms. The molecule has 1 rings (SSSR count). The Balaban J connectivity index is 3.16. The number of carbonyl (C=O) groups is 1. The lowest BCUT2D eigenvalue weighted by molar-refractivity contribution is -0.105. The second-order valence-electron chi connectivity index (χ2n) is 2.30. The highest BCUT2D eigenvalue weighted by Crippen LogP contribution is 2.27. The minimum atomic E-state index is 0.685. The Hall–Kier alpha value is -0.100. The summed E-state index contributed by atoms with van der Waals surface area (Å²) < 4.78 is 2.12.